The maximum absolute atomic E-state index is 6.54. The van der Waals surface area contributed by atoms with E-state index in [4.69, 9.17) is 5.53 Å². The van der Waals surface area contributed by atoms with E-state index in [0.717, 1.165) is 5.56 Å². The Bertz CT molecular complexity index is 183. The van der Waals surface area contributed by atoms with Crippen LogP contribution in [0.4, 0.5) is 0 Å². The first-order valence-electron chi connectivity index (χ1n) is 2.65. The molecule has 0 saturated heterocycles. The van der Waals surface area contributed by atoms with Gasteiger partial charge in [0.2, 0.25) is 0 Å². The summed E-state index contributed by atoms with van der Waals surface area (Å²) >= 11 is 0. The topological polar surface area (TPSA) is 49.1 Å². The lowest BCUT2D eigenvalue weighted by Gasteiger charge is -1.89. The van der Waals surface area contributed by atoms with Gasteiger partial charge in [-0.25, -0.2) is 5.53 Å². The van der Waals surface area contributed by atoms with Crippen LogP contribution in [-0.4, -0.2) is 4.98 Å². The van der Waals surface area contributed by atoms with Crippen molar-refractivity contribution in [2.24, 2.45) is 5.11 Å². The van der Waals surface area contributed by atoms with Gasteiger partial charge >= 0.3 is 0 Å². The second kappa shape index (κ2) is 2.91. The average molecular weight is 121 g/mol. The summed E-state index contributed by atoms with van der Waals surface area (Å²) in [4.78, 5) is 3.86. The molecule has 9 heavy (non-hydrogen) atoms. The van der Waals surface area contributed by atoms with Crippen LogP contribution in [0, 0.1) is 5.53 Å². The first-order valence-corrected chi connectivity index (χ1v) is 2.65. The first kappa shape index (κ1) is 5.88. The Morgan fingerprint density at radius 2 is 2.56 bits per heavy atom. The zero-order valence-electron chi connectivity index (χ0n) is 4.91. The van der Waals surface area contributed by atoms with E-state index in [0.29, 0.717) is 6.54 Å². The quantitative estimate of drug-likeness (QED) is 0.594. The highest BCUT2D eigenvalue weighted by atomic mass is 14.9. The van der Waals surface area contributed by atoms with E-state index in [-0.39, 0.29) is 0 Å². The van der Waals surface area contributed by atoms with Gasteiger partial charge in [0.25, 0.3) is 0 Å². The largest absolute Gasteiger partial charge is 0.264 e. The highest BCUT2D eigenvalue weighted by Gasteiger charge is 1.84. The molecule has 0 aliphatic rings. The minimum absolute atomic E-state index is 0.438. The van der Waals surface area contributed by atoms with E-state index in [9.17, 15) is 0 Å². The summed E-state index contributed by atoms with van der Waals surface area (Å²) in [5.74, 6) is 0. The van der Waals surface area contributed by atoms with Gasteiger partial charge in [-0.05, 0) is 11.6 Å². The van der Waals surface area contributed by atoms with Crippen molar-refractivity contribution >= 4 is 0 Å². The number of rotatable bonds is 2. The van der Waals surface area contributed by atoms with Gasteiger partial charge in [0, 0.05) is 12.4 Å². The zero-order chi connectivity index (χ0) is 6.53. The first-order chi connectivity index (χ1) is 4.43. The highest BCUT2D eigenvalue weighted by molar-refractivity contribution is 5.07. The SMILES string of the molecule is N=NCc1cccnc1. The van der Waals surface area contributed by atoms with Crippen molar-refractivity contribution in [3.63, 3.8) is 0 Å². The summed E-state index contributed by atoms with van der Waals surface area (Å²) in [5.41, 5.74) is 7.52. The fourth-order valence-corrected chi connectivity index (χ4v) is 0.583. The number of aromatic nitrogens is 1. The number of hydrogen-bond donors (Lipinski definition) is 1. The van der Waals surface area contributed by atoms with Crippen molar-refractivity contribution in [1.29, 1.82) is 5.53 Å². The molecule has 0 aliphatic heterocycles. The monoisotopic (exact) mass is 121 g/mol. The van der Waals surface area contributed by atoms with Gasteiger partial charge in [-0.1, -0.05) is 6.07 Å². The smallest absolute Gasteiger partial charge is 0.0861 e. The number of nitrogens with zero attached hydrogens (tertiary/aromatic N) is 2. The lowest BCUT2D eigenvalue weighted by atomic mass is 10.3. The standard InChI is InChI=1S/C6H7N3/c7-9-5-6-2-1-3-8-4-6/h1-4,7H,5H2. The van der Waals surface area contributed by atoms with Crippen LogP contribution < -0.4 is 0 Å². The predicted molar refractivity (Wildman–Crippen MR) is 33.1 cm³/mol. The number of pyridine rings is 1. The molecule has 1 aromatic heterocycles. The molecule has 0 saturated carbocycles. The maximum Gasteiger partial charge on any atom is 0.0861 e. The van der Waals surface area contributed by atoms with E-state index in [1.807, 2.05) is 12.1 Å². The molecule has 0 unspecified atom stereocenters. The Balaban J connectivity index is 2.72. The fraction of sp³-hybridized carbons (Fsp3) is 0.167. The van der Waals surface area contributed by atoms with Gasteiger partial charge in [-0.3, -0.25) is 4.98 Å². The summed E-state index contributed by atoms with van der Waals surface area (Å²) in [6, 6.07) is 3.73. The molecule has 0 fully saturated rings. The minimum atomic E-state index is 0.438. The van der Waals surface area contributed by atoms with Crippen molar-refractivity contribution in [2.45, 2.75) is 6.54 Å². The second-order valence-corrected chi connectivity index (χ2v) is 1.68. The molecular weight excluding hydrogens is 114 g/mol. The van der Waals surface area contributed by atoms with Crippen LogP contribution in [0.25, 0.3) is 0 Å². The van der Waals surface area contributed by atoms with Crippen LogP contribution in [0.2, 0.25) is 0 Å². The highest BCUT2D eigenvalue weighted by Crippen LogP contribution is 1.95. The molecule has 0 radical (unpaired) electrons. The predicted octanol–water partition coefficient (Wildman–Crippen LogP) is 1.61. The summed E-state index contributed by atoms with van der Waals surface area (Å²) in [5, 5.41) is 3.22. The van der Waals surface area contributed by atoms with Gasteiger partial charge in [-0.2, -0.15) is 5.11 Å². The third-order valence-electron chi connectivity index (χ3n) is 0.984. The molecule has 1 aromatic rings. The lowest BCUT2D eigenvalue weighted by Crippen LogP contribution is -1.79. The van der Waals surface area contributed by atoms with Crippen molar-refractivity contribution in [1.82, 2.24) is 4.98 Å². The molecule has 0 spiro atoms. The maximum atomic E-state index is 6.54. The molecular formula is C6H7N3. The summed E-state index contributed by atoms with van der Waals surface area (Å²) in [6.07, 6.45) is 3.41. The molecule has 0 amide bonds. The molecule has 0 atom stereocenters. The normalized spacial score (nSPS) is 8.89. The Hall–Kier alpha value is -1.25. The number of hydrogen-bond acceptors (Lipinski definition) is 3. The van der Waals surface area contributed by atoms with Gasteiger partial charge in [0.15, 0.2) is 0 Å². The Morgan fingerprint density at radius 3 is 3.11 bits per heavy atom. The van der Waals surface area contributed by atoms with Crippen molar-refractivity contribution in [2.75, 3.05) is 0 Å². The van der Waals surface area contributed by atoms with E-state index in [1.165, 1.54) is 0 Å². The molecule has 46 valence electrons. The van der Waals surface area contributed by atoms with Crippen LogP contribution in [0.15, 0.2) is 29.6 Å². The molecule has 1 N–H and O–H groups in total. The van der Waals surface area contributed by atoms with E-state index in [1.54, 1.807) is 12.4 Å². The Morgan fingerprint density at radius 1 is 1.67 bits per heavy atom. The van der Waals surface area contributed by atoms with Crippen molar-refractivity contribution in [3.05, 3.63) is 30.1 Å². The number of nitrogens with one attached hydrogen (secondary N) is 1. The van der Waals surface area contributed by atoms with Crippen molar-refractivity contribution in [3.8, 4) is 0 Å². The van der Waals surface area contributed by atoms with E-state index in [2.05, 4.69) is 10.1 Å². The van der Waals surface area contributed by atoms with Gasteiger partial charge in [0.05, 0.1) is 6.54 Å². The fourth-order valence-electron chi connectivity index (χ4n) is 0.583. The summed E-state index contributed by atoms with van der Waals surface area (Å²) < 4.78 is 0. The van der Waals surface area contributed by atoms with Gasteiger partial charge in [0.1, 0.15) is 0 Å². The Kier molecular flexibility index (Phi) is 1.90. The van der Waals surface area contributed by atoms with Crippen molar-refractivity contribution < 1.29 is 0 Å². The summed E-state index contributed by atoms with van der Waals surface area (Å²) in [6.45, 7) is 0.438. The summed E-state index contributed by atoms with van der Waals surface area (Å²) in [7, 11) is 0. The van der Waals surface area contributed by atoms with Crippen LogP contribution in [0.5, 0.6) is 0 Å². The molecule has 3 nitrogen and oxygen atoms in total. The lowest BCUT2D eigenvalue weighted by molar-refractivity contribution is 0.901. The van der Waals surface area contributed by atoms with Gasteiger partial charge in [-0.15, -0.1) is 0 Å². The molecule has 1 rings (SSSR count). The minimum Gasteiger partial charge on any atom is -0.264 e. The molecule has 3 heteroatoms. The van der Waals surface area contributed by atoms with E-state index < -0.39 is 0 Å². The third-order valence-corrected chi connectivity index (χ3v) is 0.984. The molecule has 0 aromatic carbocycles. The van der Waals surface area contributed by atoms with Crippen LogP contribution in [0.3, 0.4) is 0 Å². The zero-order valence-corrected chi connectivity index (χ0v) is 4.91. The molecule has 0 bridgehead atoms. The van der Waals surface area contributed by atoms with E-state index >= 15 is 0 Å². The Labute approximate surface area is 53.3 Å². The van der Waals surface area contributed by atoms with Crippen LogP contribution >= 0.6 is 0 Å². The average Bonchev–Trinajstić information content (AvgIpc) is 1.91. The molecule has 1 heterocycles. The third kappa shape index (κ3) is 1.60. The van der Waals surface area contributed by atoms with Crippen LogP contribution in [0.1, 0.15) is 5.56 Å². The van der Waals surface area contributed by atoms with Gasteiger partial charge < -0.3 is 0 Å². The van der Waals surface area contributed by atoms with Crippen LogP contribution in [-0.2, 0) is 6.54 Å². The molecule has 0 aliphatic carbocycles. The second-order valence-electron chi connectivity index (χ2n) is 1.68.